The lowest BCUT2D eigenvalue weighted by Crippen LogP contribution is -2.36. The number of rotatable bonds is 3. The van der Waals surface area contributed by atoms with Crippen LogP contribution >= 0.6 is 12.4 Å². The lowest BCUT2D eigenvalue weighted by molar-refractivity contribution is 0.0407. The van der Waals surface area contributed by atoms with Crippen LogP contribution in [0.25, 0.3) is 0 Å². The Hall–Kier alpha value is -0.770. The third-order valence-electron chi connectivity index (χ3n) is 3.63. The van der Waals surface area contributed by atoms with Crippen molar-refractivity contribution in [3.05, 3.63) is 29.3 Å². The molecular weight excluding hydrogens is 238 g/mol. The smallest absolute Gasteiger partial charge is 0.123 e. The highest BCUT2D eigenvalue weighted by Gasteiger charge is 2.31. The maximum absolute atomic E-state index is 10.1. The molecule has 1 aliphatic carbocycles. The number of aromatic hydroxyl groups is 1. The van der Waals surface area contributed by atoms with E-state index in [0.717, 1.165) is 18.4 Å². The number of aryl methyl sites for hydroxylation is 1. The summed E-state index contributed by atoms with van der Waals surface area (Å²) in [4.78, 5) is 0. The summed E-state index contributed by atoms with van der Waals surface area (Å²) < 4.78 is 0. The van der Waals surface area contributed by atoms with Crippen LogP contribution in [0.2, 0.25) is 0 Å². The van der Waals surface area contributed by atoms with Crippen molar-refractivity contribution < 1.29 is 10.2 Å². The molecule has 2 rings (SSSR count). The van der Waals surface area contributed by atoms with Crippen LogP contribution < -0.4 is 5.73 Å². The Kier molecular flexibility index (Phi) is 4.80. The highest BCUT2D eigenvalue weighted by Crippen LogP contribution is 2.36. The van der Waals surface area contributed by atoms with Gasteiger partial charge in [-0.25, -0.2) is 0 Å². The standard InChI is InChI=1S/C13H19NO2.ClH/c1-8-4-2-7-10(12(8)15)11(14)13(16)9-5-3-6-9;/h2,4,7,9,11,13,15-16H,3,5-6,14H2,1H3;1H/t11-,13+;/m0./s1. The number of hydrogen-bond acceptors (Lipinski definition) is 3. The molecule has 17 heavy (non-hydrogen) atoms. The van der Waals surface area contributed by atoms with Crippen molar-refractivity contribution in [2.45, 2.75) is 38.3 Å². The van der Waals surface area contributed by atoms with E-state index in [0.29, 0.717) is 11.5 Å². The predicted molar refractivity (Wildman–Crippen MR) is 70.4 cm³/mol. The summed E-state index contributed by atoms with van der Waals surface area (Å²) in [6, 6.07) is 5.00. The fourth-order valence-corrected chi connectivity index (χ4v) is 2.21. The highest BCUT2D eigenvalue weighted by atomic mass is 35.5. The van der Waals surface area contributed by atoms with Crippen LogP contribution in [-0.2, 0) is 0 Å². The van der Waals surface area contributed by atoms with Gasteiger partial charge < -0.3 is 15.9 Å². The Morgan fingerprint density at radius 2 is 2.00 bits per heavy atom. The quantitative estimate of drug-likeness (QED) is 0.778. The van der Waals surface area contributed by atoms with Gasteiger partial charge in [-0.15, -0.1) is 12.4 Å². The number of aliphatic hydroxyl groups excluding tert-OH is 1. The molecule has 0 saturated heterocycles. The van der Waals surface area contributed by atoms with Crippen LogP contribution in [0, 0.1) is 12.8 Å². The first kappa shape index (κ1) is 14.3. The van der Waals surface area contributed by atoms with E-state index >= 15 is 0 Å². The minimum atomic E-state index is -0.540. The van der Waals surface area contributed by atoms with Crippen LogP contribution in [0.4, 0.5) is 0 Å². The van der Waals surface area contributed by atoms with Gasteiger partial charge in [0.2, 0.25) is 0 Å². The molecule has 3 nitrogen and oxygen atoms in total. The summed E-state index contributed by atoms with van der Waals surface area (Å²) in [6.45, 7) is 1.83. The van der Waals surface area contributed by atoms with Crippen molar-refractivity contribution in [2.24, 2.45) is 11.7 Å². The van der Waals surface area contributed by atoms with Gasteiger partial charge in [-0.2, -0.15) is 0 Å². The zero-order valence-corrected chi connectivity index (χ0v) is 10.8. The number of para-hydroxylation sites is 1. The molecular formula is C13H20ClNO2. The monoisotopic (exact) mass is 257 g/mol. The molecule has 0 spiro atoms. The Labute approximate surface area is 108 Å². The van der Waals surface area contributed by atoms with E-state index < -0.39 is 12.1 Å². The molecule has 0 heterocycles. The molecule has 1 aromatic carbocycles. The molecule has 0 aromatic heterocycles. The fraction of sp³-hybridized carbons (Fsp3) is 0.538. The van der Waals surface area contributed by atoms with Crippen LogP contribution in [0.15, 0.2) is 18.2 Å². The van der Waals surface area contributed by atoms with Gasteiger partial charge in [-0.1, -0.05) is 24.6 Å². The third-order valence-corrected chi connectivity index (χ3v) is 3.63. The zero-order valence-electron chi connectivity index (χ0n) is 9.97. The third kappa shape index (κ3) is 2.73. The summed E-state index contributed by atoms with van der Waals surface area (Å²) in [6.07, 6.45) is 2.72. The van der Waals surface area contributed by atoms with Crippen LogP contribution in [0.1, 0.15) is 36.4 Å². The molecule has 0 radical (unpaired) electrons. The number of aliphatic hydroxyl groups is 1. The summed E-state index contributed by atoms with van der Waals surface area (Å²) in [5, 5.41) is 20.0. The van der Waals surface area contributed by atoms with E-state index in [1.54, 1.807) is 6.07 Å². The van der Waals surface area contributed by atoms with Crippen LogP contribution in [-0.4, -0.2) is 16.3 Å². The van der Waals surface area contributed by atoms with Crippen molar-refractivity contribution >= 4 is 12.4 Å². The van der Waals surface area contributed by atoms with Crippen molar-refractivity contribution in [1.29, 1.82) is 0 Å². The molecule has 4 N–H and O–H groups in total. The predicted octanol–water partition coefficient (Wildman–Crippen LogP) is 2.28. The van der Waals surface area contributed by atoms with E-state index in [-0.39, 0.29) is 18.2 Å². The fourth-order valence-electron chi connectivity index (χ4n) is 2.21. The maximum atomic E-state index is 10.1. The van der Waals surface area contributed by atoms with Gasteiger partial charge in [0.25, 0.3) is 0 Å². The Balaban J connectivity index is 0.00000144. The van der Waals surface area contributed by atoms with Crippen LogP contribution in [0.5, 0.6) is 5.75 Å². The molecule has 0 unspecified atom stereocenters. The molecule has 0 bridgehead atoms. The summed E-state index contributed by atoms with van der Waals surface area (Å²) in [5.74, 6) is 0.517. The average molecular weight is 258 g/mol. The molecule has 1 aliphatic rings. The Morgan fingerprint density at radius 3 is 2.53 bits per heavy atom. The molecule has 1 saturated carbocycles. The minimum Gasteiger partial charge on any atom is -0.507 e. The second-order valence-electron chi connectivity index (χ2n) is 4.72. The topological polar surface area (TPSA) is 66.5 Å². The van der Waals surface area contributed by atoms with Crippen molar-refractivity contribution in [3.8, 4) is 5.75 Å². The lowest BCUT2D eigenvalue weighted by atomic mass is 9.77. The number of nitrogens with two attached hydrogens (primary N) is 1. The number of phenols is 1. The zero-order chi connectivity index (χ0) is 11.7. The molecule has 0 aliphatic heterocycles. The van der Waals surface area contributed by atoms with Gasteiger partial charge in [0.05, 0.1) is 12.1 Å². The second kappa shape index (κ2) is 5.71. The van der Waals surface area contributed by atoms with E-state index in [1.165, 1.54) is 6.42 Å². The van der Waals surface area contributed by atoms with E-state index in [9.17, 15) is 10.2 Å². The van der Waals surface area contributed by atoms with Gasteiger partial charge in [0.1, 0.15) is 5.75 Å². The Morgan fingerprint density at radius 1 is 1.35 bits per heavy atom. The number of benzene rings is 1. The first-order valence-electron chi connectivity index (χ1n) is 5.83. The summed E-state index contributed by atoms with van der Waals surface area (Å²) >= 11 is 0. The van der Waals surface area contributed by atoms with Crippen LogP contribution in [0.3, 0.4) is 0 Å². The van der Waals surface area contributed by atoms with E-state index in [1.807, 2.05) is 19.1 Å². The molecule has 2 atom stereocenters. The molecule has 96 valence electrons. The minimum absolute atomic E-state index is 0. The summed E-state index contributed by atoms with van der Waals surface area (Å²) in [7, 11) is 0. The number of hydrogen-bond donors (Lipinski definition) is 3. The van der Waals surface area contributed by atoms with Gasteiger partial charge in [0.15, 0.2) is 0 Å². The molecule has 4 heteroatoms. The number of halogens is 1. The van der Waals surface area contributed by atoms with Crippen molar-refractivity contribution in [3.63, 3.8) is 0 Å². The largest absolute Gasteiger partial charge is 0.507 e. The Bertz CT molecular complexity index is 380. The van der Waals surface area contributed by atoms with Gasteiger partial charge in [0, 0.05) is 5.56 Å². The summed E-state index contributed by atoms with van der Waals surface area (Å²) in [5.41, 5.74) is 7.46. The van der Waals surface area contributed by atoms with Crippen molar-refractivity contribution in [2.75, 3.05) is 0 Å². The second-order valence-corrected chi connectivity index (χ2v) is 4.72. The first-order valence-corrected chi connectivity index (χ1v) is 5.83. The maximum Gasteiger partial charge on any atom is 0.123 e. The van der Waals surface area contributed by atoms with E-state index in [4.69, 9.17) is 5.73 Å². The molecule has 1 aromatic rings. The van der Waals surface area contributed by atoms with Crippen molar-refractivity contribution in [1.82, 2.24) is 0 Å². The average Bonchev–Trinajstić information content (AvgIpc) is 2.18. The van der Waals surface area contributed by atoms with Gasteiger partial charge >= 0.3 is 0 Å². The lowest BCUT2D eigenvalue weighted by Gasteiger charge is -2.34. The molecule has 1 fully saturated rings. The highest BCUT2D eigenvalue weighted by molar-refractivity contribution is 5.85. The van der Waals surface area contributed by atoms with Gasteiger partial charge in [-0.05, 0) is 31.2 Å². The molecule has 0 amide bonds. The number of phenolic OH excluding ortho intramolecular Hbond substituents is 1. The first-order chi connectivity index (χ1) is 7.61. The normalized spacial score (nSPS) is 19.0. The SMILES string of the molecule is Cc1cccc([C@H](N)[C@H](O)C2CCC2)c1O.Cl. The van der Waals surface area contributed by atoms with E-state index in [2.05, 4.69) is 0 Å². The van der Waals surface area contributed by atoms with Gasteiger partial charge in [-0.3, -0.25) is 0 Å².